The van der Waals surface area contributed by atoms with E-state index >= 15 is 0 Å². The molecule has 0 spiro atoms. The van der Waals surface area contributed by atoms with Gasteiger partial charge in [0.25, 0.3) is 0 Å². The molecule has 22 heavy (non-hydrogen) atoms. The smallest absolute Gasteiger partial charge is 0.0183 e. The average molecular weight is 309 g/mol. The summed E-state index contributed by atoms with van der Waals surface area (Å²) in [6.45, 7) is 24.3. The molecule has 132 valence electrons. The lowest BCUT2D eigenvalue weighted by Crippen LogP contribution is -2.12. The minimum Gasteiger partial charge on any atom is -0.0999 e. The van der Waals surface area contributed by atoms with E-state index in [1.807, 2.05) is 0 Å². The Morgan fingerprint density at radius 2 is 1.36 bits per heavy atom. The van der Waals surface area contributed by atoms with Crippen LogP contribution in [0.1, 0.15) is 88.0 Å². The van der Waals surface area contributed by atoms with Crippen LogP contribution in [0.2, 0.25) is 0 Å². The summed E-state index contributed by atoms with van der Waals surface area (Å²) >= 11 is 0. The summed E-state index contributed by atoms with van der Waals surface area (Å²) in [5, 5.41) is 0. The molecular formula is C22H44. The largest absolute Gasteiger partial charge is 0.0999 e. The highest BCUT2D eigenvalue weighted by atomic mass is 14.2. The molecule has 0 aliphatic carbocycles. The van der Waals surface area contributed by atoms with Gasteiger partial charge in [-0.25, -0.2) is 0 Å². The topological polar surface area (TPSA) is 0 Å². The van der Waals surface area contributed by atoms with Crippen LogP contribution in [0, 0.1) is 29.6 Å². The monoisotopic (exact) mass is 308 g/mol. The Morgan fingerprint density at radius 1 is 0.818 bits per heavy atom. The molecular weight excluding hydrogens is 264 g/mol. The van der Waals surface area contributed by atoms with Crippen molar-refractivity contribution in [3.63, 3.8) is 0 Å². The second-order valence-corrected chi connectivity index (χ2v) is 8.40. The number of hydrogen-bond acceptors (Lipinski definition) is 0. The van der Waals surface area contributed by atoms with Crippen LogP contribution in [-0.2, 0) is 0 Å². The number of rotatable bonds is 9. The molecule has 0 aromatic carbocycles. The molecule has 0 amide bonds. The fourth-order valence-electron chi connectivity index (χ4n) is 2.47. The van der Waals surface area contributed by atoms with Gasteiger partial charge >= 0.3 is 0 Å². The van der Waals surface area contributed by atoms with Crippen molar-refractivity contribution in [2.45, 2.75) is 88.0 Å². The summed E-state index contributed by atoms with van der Waals surface area (Å²) in [5.41, 5.74) is 1.34. The quantitative estimate of drug-likeness (QED) is 0.380. The lowest BCUT2D eigenvalue weighted by Gasteiger charge is -2.22. The molecule has 0 nitrogen and oxygen atoms in total. The second kappa shape index (κ2) is 14.1. The highest BCUT2D eigenvalue weighted by Gasteiger charge is 2.14. The highest BCUT2D eigenvalue weighted by molar-refractivity contribution is 4.97. The zero-order valence-electron chi connectivity index (χ0n) is 17.1. The van der Waals surface area contributed by atoms with E-state index in [4.69, 9.17) is 0 Å². The Labute approximate surface area is 142 Å². The van der Waals surface area contributed by atoms with E-state index in [0.717, 1.165) is 29.6 Å². The van der Waals surface area contributed by atoms with Crippen molar-refractivity contribution >= 4 is 0 Å². The minimum atomic E-state index is 0.718. The van der Waals surface area contributed by atoms with Crippen LogP contribution in [0.25, 0.3) is 0 Å². The van der Waals surface area contributed by atoms with Crippen molar-refractivity contribution in [1.82, 2.24) is 0 Å². The van der Waals surface area contributed by atoms with Gasteiger partial charge in [0.2, 0.25) is 0 Å². The summed E-state index contributed by atoms with van der Waals surface area (Å²) in [6.07, 6.45) is 9.73. The van der Waals surface area contributed by atoms with Gasteiger partial charge in [-0.05, 0) is 62.2 Å². The van der Waals surface area contributed by atoms with E-state index in [1.54, 1.807) is 0 Å². The molecule has 0 fully saturated rings. The lowest BCUT2D eigenvalue weighted by atomic mass is 9.83. The molecule has 0 rings (SSSR count). The van der Waals surface area contributed by atoms with Crippen LogP contribution in [-0.4, -0.2) is 0 Å². The van der Waals surface area contributed by atoms with Crippen LogP contribution in [0.3, 0.4) is 0 Å². The van der Waals surface area contributed by atoms with Gasteiger partial charge in [-0.15, -0.1) is 0 Å². The standard InChI is InChI=1S/2C11H22/c1-8(2)7-11(9(3)4)10(5)6;1-10(2)8-6-5-7-9-11(3)4/h8,10-11H,3,7H2,1-2,4-6H3;5-6,10-11H,7-9H2,1-4H3/b;6-5+. The van der Waals surface area contributed by atoms with Crippen molar-refractivity contribution < 1.29 is 0 Å². The summed E-state index contributed by atoms with van der Waals surface area (Å²) in [4.78, 5) is 0. The van der Waals surface area contributed by atoms with Crippen molar-refractivity contribution in [3.05, 3.63) is 24.3 Å². The first-order valence-electron chi connectivity index (χ1n) is 9.38. The summed E-state index contributed by atoms with van der Waals surface area (Å²) in [6, 6.07) is 0. The van der Waals surface area contributed by atoms with E-state index in [0.29, 0.717) is 0 Å². The van der Waals surface area contributed by atoms with Gasteiger partial charge in [-0.1, -0.05) is 79.7 Å². The van der Waals surface area contributed by atoms with E-state index < -0.39 is 0 Å². The molecule has 0 aliphatic heterocycles. The van der Waals surface area contributed by atoms with Crippen molar-refractivity contribution in [1.29, 1.82) is 0 Å². The molecule has 0 heterocycles. The van der Waals surface area contributed by atoms with E-state index in [9.17, 15) is 0 Å². The van der Waals surface area contributed by atoms with Gasteiger partial charge in [-0.2, -0.15) is 0 Å². The minimum absolute atomic E-state index is 0.718. The van der Waals surface area contributed by atoms with Crippen molar-refractivity contribution in [2.75, 3.05) is 0 Å². The Kier molecular flexibility index (Phi) is 15.2. The van der Waals surface area contributed by atoms with Crippen LogP contribution in [0.4, 0.5) is 0 Å². The molecule has 0 aromatic rings. The summed E-state index contributed by atoms with van der Waals surface area (Å²) in [7, 11) is 0. The van der Waals surface area contributed by atoms with Crippen LogP contribution < -0.4 is 0 Å². The second-order valence-electron chi connectivity index (χ2n) is 8.40. The van der Waals surface area contributed by atoms with Gasteiger partial charge in [0.1, 0.15) is 0 Å². The Bertz CT molecular complexity index is 278. The van der Waals surface area contributed by atoms with Crippen molar-refractivity contribution in [3.8, 4) is 0 Å². The molecule has 1 unspecified atom stereocenters. The lowest BCUT2D eigenvalue weighted by molar-refractivity contribution is 0.364. The summed E-state index contributed by atoms with van der Waals surface area (Å²) < 4.78 is 0. The zero-order chi connectivity index (χ0) is 17.7. The van der Waals surface area contributed by atoms with E-state index in [2.05, 4.69) is 81.0 Å². The molecule has 0 heteroatoms. The molecule has 0 bridgehead atoms. The van der Waals surface area contributed by atoms with Gasteiger partial charge in [0.15, 0.2) is 0 Å². The third kappa shape index (κ3) is 17.5. The molecule has 0 aromatic heterocycles. The van der Waals surface area contributed by atoms with Gasteiger partial charge < -0.3 is 0 Å². The van der Waals surface area contributed by atoms with Crippen molar-refractivity contribution in [2.24, 2.45) is 29.6 Å². The van der Waals surface area contributed by atoms with Gasteiger partial charge in [0, 0.05) is 0 Å². The SMILES string of the molecule is C=C(C)C(CC(C)C)C(C)C.CC(C)C/C=C/CCC(C)C. The van der Waals surface area contributed by atoms with Crippen LogP contribution in [0.15, 0.2) is 24.3 Å². The molecule has 0 radical (unpaired) electrons. The fourth-order valence-corrected chi connectivity index (χ4v) is 2.47. The first-order chi connectivity index (χ1) is 10.1. The summed E-state index contributed by atoms with van der Waals surface area (Å²) in [5.74, 6) is 3.91. The third-order valence-electron chi connectivity index (χ3n) is 3.85. The molecule has 0 saturated heterocycles. The van der Waals surface area contributed by atoms with E-state index in [-0.39, 0.29) is 0 Å². The van der Waals surface area contributed by atoms with Gasteiger partial charge in [0.05, 0.1) is 0 Å². The molecule has 1 atom stereocenters. The maximum absolute atomic E-state index is 4.03. The first-order valence-corrected chi connectivity index (χ1v) is 9.38. The van der Waals surface area contributed by atoms with Crippen LogP contribution >= 0.6 is 0 Å². The Balaban J connectivity index is 0. The molecule has 0 N–H and O–H groups in total. The number of hydrogen-bond donors (Lipinski definition) is 0. The zero-order valence-corrected chi connectivity index (χ0v) is 17.1. The van der Waals surface area contributed by atoms with Crippen LogP contribution in [0.5, 0.6) is 0 Å². The maximum atomic E-state index is 4.03. The Hall–Kier alpha value is -0.520. The fraction of sp³-hybridized carbons (Fsp3) is 0.818. The average Bonchev–Trinajstić information content (AvgIpc) is 2.34. The van der Waals surface area contributed by atoms with E-state index in [1.165, 1.54) is 31.3 Å². The number of allylic oxidation sites excluding steroid dienone is 3. The maximum Gasteiger partial charge on any atom is -0.0183 e. The predicted molar refractivity (Wildman–Crippen MR) is 105 cm³/mol. The molecule has 0 saturated carbocycles. The Morgan fingerprint density at radius 3 is 1.64 bits per heavy atom. The van der Waals surface area contributed by atoms with Gasteiger partial charge in [-0.3, -0.25) is 0 Å². The first kappa shape index (κ1) is 23.7. The normalized spacial score (nSPS) is 13.1. The predicted octanol–water partition coefficient (Wildman–Crippen LogP) is 7.91. The highest BCUT2D eigenvalue weighted by Crippen LogP contribution is 2.25. The third-order valence-corrected chi connectivity index (χ3v) is 3.85. The molecule has 0 aliphatic rings.